The molecular formula is C36H51F3N2O5S. The zero-order valence-corrected chi connectivity index (χ0v) is 28.8. The van der Waals surface area contributed by atoms with Crippen molar-refractivity contribution >= 4 is 17.9 Å². The van der Waals surface area contributed by atoms with Crippen molar-refractivity contribution in [1.29, 1.82) is 0 Å². The van der Waals surface area contributed by atoms with Crippen molar-refractivity contribution in [1.82, 2.24) is 9.79 Å². The van der Waals surface area contributed by atoms with E-state index in [9.17, 15) is 18.0 Å². The van der Waals surface area contributed by atoms with E-state index in [1.165, 1.54) is 29.2 Å². The van der Waals surface area contributed by atoms with E-state index in [1.54, 1.807) is 18.9 Å². The highest BCUT2D eigenvalue weighted by atomic mass is 32.2. The summed E-state index contributed by atoms with van der Waals surface area (Å²) in [6, 6.07) is 5.55. The molecule has 262 valence electrons. The summed E-state index contributed by atoms with van der Waals surface area (Å²) in [5, 5.41) is 0. The maximum atomic E-state index is 13.7. The average molecular weight is 681 g/mol. The van der Waals surface area contributed by atoms with Crippen LogP contribution in [0.15, 0.2) is 47.4 Å². The van der Waals surface area contributed by atoms with E-state index in [0.717, 1.165) is 90.1 Å². The third-order valence-electron chi connectivity index (χ3n) is 8.58. The van der Waals surface area contributed by atoms with Crippen molar-refractivity contribution in [2.24, 2.45) is 11.3 Å². The van der Waals surface area contributed by atoms with Gasteiger partial charge in [-0.25, -0.2) is 14.6 Å². The quantitative estimate of drug-likeness (QED) is 0.0652. The van der Waals surface area contributed by atoms with Crippen LogP contribution < -0.4 is 15.0 Å². The van der Waals surface area contributed by atoms with Gasteiger partial charge < -0.3 is 14.2 Å². The zero-order chi connectivity index (χ0) is 34.1. The van der Waals surface area contributed by atoms with Crippen molar-refractivity contribution in [3.8, 4) is 23.8 Å². The van der Waals surface area contributed by atoms with Crippen LogP contribution >= 0.6 is 11.9 Å². The molecule has 7 nitrogen and oxygen atoms in total. The van der Waals surface area contributed by atoms with E-state index < -0.39 is 11.8 Å². The summed E-state index contributed by atoms with van der Waals surface area (Å²) in [5.41, 5.74) is 2.27. The van der Waals surface area contributed by atoms with Gasteiger partial charge in [-0.3, -0.25) is 4.79 Å². The first-order chi connectivity index (χ1) is 22.6. The standard InChI is InChI=1S/C33H47F3N2O5S.C3H4/c1-3-5-6-7-8-11-29(28-17-21-32(28,20-4-2)31(39)37-43-30-12-9-10-24-40-30)44-38-22-18-26(19-23-38)41-25-13-15-27(16-14-25)42-33(34,35)36;1-3-2/h7-8,11,13-16,26,28,30H,3-6,9-10,12,17-24H2,1-2H3,(H,37,39);1H,2H3/b8-7-,29-11+;. The van der Waals surface area contributed by atoms with Crippen molar-refractivity contribution in [2.75, 3.05) is 19.7 Å². The van der Waals surface area contributed by atoms with Crippen molar-refractivity contribution in [3.05, 3.63) is 47.4 Å². The van der Waals surface area contributed by atoms with Crippen LogP contribution in [-0.2, 0) is 14.4 Å². The fourth-order valence-electron chi connectivity index (χ4n) is 6.10. The number of hydrogen-bond donors (Lipinski definition) is 1. The number of nitrogens with one attached hydrogen (secondary N) is 1. The van der Waals surface area contributed by atoms with E-state index >= 15 is 0 Å². The molecule has 47 heavy (non-hydrogen) atoms. The molecule has 2 aliphatic heterocycles. The lowest BCUT2D eigenvalue weighted by molar-refractivity contribution is -0.274. The van der Waals surface area contributed by atoms with Crippen LogP contribution in [0.25, 0.3) is 0 Å². The number of unbranched alkanes of at least 4 members (excludes halogenated alkanes) is 2. The predicted octanol–water partition coefficient (Wildman–Crippen LogP) is 9.12. The Labute approximate surface area is 283 Å². The van der Waals surface area contributed by atoms with E-state index in [4.69, 9.17) is 14.3 Å². The molecule has 0 bridgehead atoms. The van der Waals surface area contributed by atoms with Gasteiger partial charge in [-0.1, -0.05) is 51.3 Å². The highest BCUT2D eigenvalue weighted by molar-refractivity contribution is 8.00. The summed E-state index contributed by atoms with van der Waals surface area (Å²) in [6.45, 7) is 8.20. The number of halogens is 3. The summed E-state index contributed by atoms with van der Waals surface area (Å²) in [4.78, 5) is 20.6. The Hall–Kier alpha value is -2.65. The molecule has 1 N–H and O–H groups in total. The number of terminal acetylenes is 1. The van der Waals surface area contributed by atoms with Crippen LogP contribution in [0.1, 0.15) is 97.8 Å². The predicted molar refractivity (Wildman–Crippen MR) is 180 cm³/mol. The molecule has 1 amide bonds. The molecule has 0 spiro atoms. The van der Waals surface area contributed by atoms with Crippen molar-refractivity contribution < 1.29 is 37.0 Å². The third kappa shape index (κ3) is 12.7. The molecule has 3 unspecified atom stereocenters. The number of amides is 1. The van der Waals surface area contributed by atoms with E-state index in [0.29, 0.717) is 12.4 Å². The molecule has 2 heterocycles. The summed E-state index contributed by atoms with van der Waals surface area (Å²) in [5.74, 6) is 2.56. The number of carbonyl (C=O) groups is 1. The van der Waals surface area contributed by atoms with E-state index in [1.807, 2.05) is 0 Å². The van der Waals surface area contributed by atoms with Gasteiger partial charge in [0.05, 0.1) is 5.41 Å². The third-order valence-corrected chi connectivity index (χ3v) is 9.83. The molecule has 0 aromatic heterocycles. The Bertz CT molecular complexity index is 1170. The molecule has 3 fully saturated rings. The number of nitrogens with zero attached hydrogens (tertiary/aromatic N) is 1. The summed E-state index contributed by atoms with van der Waals surface area (Å²) < 4.78 is 55.4. The largest absolute Gasteiger partial charge is 0.573 e. The zero-order valence-electron chi connectivity index (χ0n) is 28.0. The maximum Gasteiger partial charge on any atom is 0.573 e. The van der Waals surface area contributed by atoms with Crippen molar-refractivity contribution in [2.45, 2.75) is 117 Å². The molecule has 1 aromatic carbocycles. The lowest BCUT2D eigenvalue weighted by Gasteiger charge is -2.49. The van der Waals surface area contributed by atoms with Gasteiger partial charge in [0.1, 0.15) is 17.6 Å². The molecule has 4 rings (SSSR count). The second-order valence-corrected chi connectivity index (χ2v) is 13.3. The smallest absolute Gasteiger partial charge is 0.490 e. The van der Waals surface area contributed by atoms with Crippen LogP contribution in [-0.4, -0.2) is 48.7 Å². The first-order valence-electron chi connectivity index (χ1n) is 16.9. The van der Waals surface area contributed by atoms with Gasteiger partial charge in [0.25, 0.3) is 0 Å². The SMILES string of the molecule is C#CC.CCCC/C=C\C=C(\SN1CCC(Oc2ccc(OC(F)(F)F)cc2)CC1)C1CCC1(CCC)C(=O)NOC1CCCCO1. The highest BCUT2D eigenvalue weighted by Crippen LogP contribution is 2.56. The Kier molecular flexibility index (Phi) is 16.5. The number of hydrogen-bond acceptors (Lipinski definition) is 7. The van der Waals surface area contributed by atoms with Crippen LogP contribution in [0.2, 0.25) is 0 Å². The fraction of sp³-hybridized carbons (Fsp3) is 0.639. The molecule has 3 atom stereocenters. The molecule has 3 aliphatic rings. The van der Waals surface area contributed by atoms with Gasteiger partial charge >= 0.3 is 6.36 Å². The van der Waals surface area contributed by atoms with Crippen LogP contribution in [0, 0.1) is 23.7 Å². The molecule has 2 saturated heterocycles. The Morgan fingerprint density at radius 2 is 1.83 bits per heavy atom. The summed E-state index contributed by atoms with van der Waals surface area (Å²) in [6.07, 6.45) is 17.2. The minimum Gasteiger partial charge on any atom is -0.490 e. The first-order valence-corrected chi connectivity index (χ1v) is 17.7. The molecule has 11 heteroatoms. The van der Waals surface area contributed by atoms with Gasteiger partial charge in [-0.15, -0.1) is 25.5 Å². The number of hydroxylamine groups is 1. The molecule has 0 radical (unpaired) electrons. The molecular weight excluding hydrogens is 629 g/mol. The Morgan fingerprint density at radius 3 is 2.40 bits per heavy atom. The van der Waals surface area contributed by atoms with E-state index in [2.05, 4.69) is 58.9 Å². The number of carbonyl (C=O) groups excluding carboxylic acids is 1. The fourth-order valence-corrected chi connectivity index (χ4v) is 7.40. The van der Waals surface area contributed by atoms with Crippen LogP contribution in [0.4, 0.5) is 13.2 Å². The lowest BCUT2D eigenvalue weighted by atomic mass is 9.57. The molecule has 1 saturated carbocycles. The maximum absolute atomic E-state index is 13.7. The van der Waals surface area contributed by atoms with Gasteiger partial charge in [0.15, 0.2) is 6.29 Å². The minimum absolute atomic E-state index is 0.0320. The van der Waals surface area contributed by atoms with Gasteiger partial charge in [-0.05, 0) is 94.5 Å². The van der Waals surface area contributed by atoms with Crippen molar-refractivity contribution in [3.63, 3.8) is 0 Å². The number of alkyl halides is 3. The van der Waals surface area contributed by atoms with Gasteiger partial charge in [0, 0.05) is 36.9 Å². The Morgan fingerprint density at radius 1 is 1.13 bits per heavy atom. The second-order valence-electron chi connectivity index (χ2n) is 12.1. The summed E-state index contributed by atoms with van der Waals surface area (Å²) in [7, 11) is 0. The molecule has 1 aromatic rings. The van der Waals surface area contributed by atoms with Gasteiger partial charge in [-0.2, -0.15) is 0 Å². The number of piperidine rings is 1. The monoisotopic (exact) mass is 680 g/mol. The Balaban J connectivity index is 0.00000192. The van der Waals surface area contributed by atoms with Crippen LogP contribution in [0.3, 0.4) is 0 Å². The topological polar surface area (TPSA) is 69.3 Å². The van der Waals surface area contributed by atoms with Crippen LogP contribution in [0.5, 0.6) is 11.5 Å². The normalized spacial score (nSPS) is 24.1. The molecule has 1 aliphatic carbocycles. The minimum atomic E-state index is -4.72. The van der Waals surface area contributed by atoms with Gasteiger partial charge in [0.2, 0.25) is 5.91 Å². The first kappa shape index (κ1) is 38.8. The average Bonchev–Trinajstić information content (AvgIpc) is 3.04. The van der Waals surface area contributed by atoms with E-state index in [-0.39, 0.29) is 30.0 Å². The number of allylic oxidation sites excluding steroid dienone is 4. The number of ether oxygens (including phenoxy) is 3. The number of benzene rings is 1. The lowest BCUT2D eigenvalue weighted by Crippen LogP contribution is -2.53. The second kappa shape index (κ2) is 20.0. The summed E-state index contributed by atoms with van der Waals surface area (Å²) >= 11 is 1.74. The number of rotatable bonds is 15. The highest BCUT2D eigenvalue weighted by Gasteiger charge is 2.53.